The summed E-state index contributed by atoms with van der Waals surface area (Å²) in [6.45, 7) is 0.717. The van der Waals surface area contributed by atoms with Gasteiger partial charge in [0.2, 0.25) is 15.9 Å². The van der Waals surface area contributed by atoms with Crippen molar-refractivity contribution in [2.24, 2.45) is 0 Å². The number of piperazine rings is 1. The topological polar surface area (TPSA) is 57.7 Å². The molecule has 5 nitrogen and oxygen atoms in total. The lowest BCUT2D eigenvalue weighted by Gasteiger charge is -2.39. The molecule has 8 heteroatoms. The molecule has 2 aromatic carbocycles. The molecule has 1 heterocycles. The van der Waals surface area contributed by atoms with Crippen molar-refractivity contribution in [3.05, 3.63) is 65.7 Å². The van der Waals surface area contributed by atoms with Crippen LogP contribution in [0.2, 0.25) is 0 Å². The Morgan fingerprint density at radius 2 is 1.47 bits per heavy atom. The summed E-state index contributed by atoms with van der Waals surface area (Å²) in [5.41, 5.74) is 0.133. The van der Waals surface area contributed by atoms with Crippen LogP contribution in [-0.2, 0) is 20.2 Å². The maximum atomic E-state index is 14.0. The minimum absolute atomic E-state index is 0.0328. The molecule has 30 heavy (non-hydrogen) atoms. The van der Waals surface area contributed by atoms with Gasteiger partial charge >= 0.3 is 0 Å². The van der Waals surface area contributed by atoms with Crippen molar-refractivity contribution in [1.82, 2.24) is 9.21 Å². The first kappa shape index (κ1) is 20.9. The van der Waals surface area contributed by atoms with Crippen LogP contribution in [0, 0.1) is 11.6 Å². The molecular formula is C22H24F2N2O3S. The number of amides is 1. The van der Waals surface area contributed by atoms with Gasteiger partial charge in [-0.3, -0.25) is 4.79 Å². The third kappa shape index (κ3) is 3.63. The summed E-state index contributed by atoms with van der Waals surface area (Å²) < 4.78 is 54.3. The van der Waals surface area contributed by atoms with Crippen LogP contribution in [0.4, 0.5) is 8.78 Å². The van der Waals surface area contributed by atoms with E-state index in [-0.39, 0.29) is 42.8 Å². The van der Waals surface area contributed by atoms with Gasteiger partial charge in [0.25, 0.3) is 0 Å². The number of hydrogen-bond acceptors (Lipinski definition) is 3. The van der Waals surface area contributed by atoms with Crippen LogP contribution in [0.1, 0.15) is 31.2 Å². The van der Waals surface area contributed by atoms with Crippen molar-refractivity contribution in [2.45, 2.75) is 36.0 Å². The van der Waals surface area contributed by atoms with E-state index in [4.69, 9.17) is 0 Å². The fourth-order valence-corrected chi connectivity index (χ4v) is 6.09. The Labute approximate surface area is 175 Å². The van der Waals surface area contributed by atoms with Crippen molar-refractivity contribution in [2.75, 3.05) is 26.2 Å². The zero-order valence-corrected chi connectivity index (χ0v) is 17.4. The largest absolute Gasteiger partial charge is 0.339 e. The summed E-state index contributed by atoms with van der Waals surface area (Å²) in [5.74, 6) is -1.15. The average molecular weight is 435 g/mol. The molecule has 160 valence electrons. The van der Waals surface area contributed by atoms with Crippen LogP contribution in [-0.4, -0.2) is 49.7 Å². The van der Waals surface area contributed by atoms with E-state index in [0.29, 0.717) is 12.8 Å². The number of rotatable bonds is 4. The third-order valence-corrected chi connectivity index (χ3v) is 8.18. The van der Waals surface area contributed by atoms with Gasteiger partial charge in [0, 0.05) is 26.2 Å². The molecule has 1 aliphatic carbocycles. The van der Waals surface area contributed by atoms with Gasteiger partial charge in [-0.15, -0.1) is 0 Å². The van der Waals surface area contributed by atoms with E-state index in [0.717, 1.165) is 24.5 Å². The molecular weight excluding hydrogens is 410 g/mol. The minimum Gasteiger partial charge on any atom is -0.339 e. The summed E-state index contributed by atoms with van der Waals surface area (Å²) in [7, 11) is -3.95. The number of hydrogen-bond donors (Lipinski definition) is 0. The van der Waals surface area contributed by atoms with Crippen LogP contribution >= 0.6 is 0 Å². The van der Waals surface area contributed by atoms with Gasteiger partial charge in [-0.25, -0.2) is 17.2 Å². The van der Waals surface area contributed by atoms with Crippen LogP contribution in [0.3, 0.4) is 0 Å². The van der Waals surface area contributed by atoms with Gasteiger partial charge in [0.05, 0.1) is 5.41 Å². The first-order valence-corrected chi connectivity index (χ1v) is 11.6. The third-order valence-electron chi connectivity index (χ3n) is 6.24. The van der Waals surface area contributed by atoms with E-state index in [1.807, 2.05) is 0 Å². The molecule has 0 radical (unpaired) electrons. The van der Waals surface area contributed by atoms with Gasteiger partial charge in [-0.05, 0) is 42.7 Å². The number of halogens is 2. The van der Waals surface area contributed by atoms with Crippen LogP contribution in [0.5, 0.6) is 0 Å². The average Bonchev–Trinajstić information content (AvgIpc) is 3.25. The number of benzene rings is 2. The molecule has 0 bridgehead atoms. The summed E-state index contributed by atoms with van der Waals surface area (Å²) in [6.07, 6.45) is 3.24. The van der Waals surface area contributed by atoms with Crippen LogP contribution in [0.25, 0.3) is 0 Å². The molecule has 1 aliphatic heterocycles. The molecule has 2 fully saturated rings. The number of carbonyl (C=O) groups is 1. The van der Waals surface area contributed by atoms with Gasteiger partial charge in [-0.2, -0.15) is 4.31 Å². The van der Waals surface area contributed by atoms with Crippen LogP contribution in [0.15, 0.2) is 53.4 Å². The Morgan fingerprint density at radius 1 is 0.867 bits per heavy atom. The predicted octanol–water partition coefficient (Wildman–Crippen LogP) is 3.31. The van der Waals surface area contributed by atoms with Crippen molar-refractivity contribution in [3.63, 3.8) is 0 Å². The lowest BCUT2D eigenvalue weighted by Crippen LogP contribution is -2.55. The second kappa shape index (κ2) is 8.07. The first-order valence-electron chi connectivity index (χ1n) is 10.1. The lowest BCUT2D eigenvalue weighted by molar-refractivity contribution is -0.138. The normalized spacial score (nSPS) is 19.7. The molecule has 0 N–H and O–H groups in total. The van der Waals surface area contributed by atoms with E-state index in [2.05, 4.69) is 0 Å². The molecule has 1 amide bonds. The van der Waals surface area contributed by atoms with E-state index < -0.39 is 21.3 Å². The highest BCUT2D eigenvalue weighted by Crippen LogP contribution is 2.43. The van der Waals surface area contributed by atoms with Crippen molar-refractivity contribution in [1.29, 1.82) is 0 Å². The monoisotopic (exact) mass is 434 g/mol. The van der Waals surface area contributed by atoms with Gasteiger partial charge in [-0.1, -0.05) is 37.1 Å². The molecule has 4 rings (SSSR count). The molecule has 0 atom stereocenters. The van der Waals surface area contributed by atoms with E-state index in [9.17, 15) is 22.0 Å². The van der Waals surface area contributed by atoms with E-state index in [1.165, 1.54) is 34.6 Å². The quantitative estimate of drug-likeness (QED) is 0.742. The summed E-state index contributed by atoms with van der Waals surface area (Å²) >= 11 is 0. The Hall–Kier alpha value is -2.32. The first-order chi connectivity index (χ1) is 14.3. The Kier molecular flexibility index (Phi) is 5.63. The van der Waals surface area contributed by atoms with Crippen molar-refractivity contribution >= 4 is 15.9 Å². The molecule has 0 aromatic heterocycles. The Bertz CT molecular complexity index is 1030. The highest BCUT2D eigenvalue weighted by molar-refractivity contribution is 7.89. The maximum absolute atomic E-state index is 14.0. The predicted molar refractivity (Wildman–Crippen MR) is 108 cm³/mol. The Morgan fingerprint density at radius 3 is 2.07 bits per heavy atom. The lowest BCUT2D eigenvalue weighted by atomic mass is 9.77. The maximum Gasteiger partial charge on any atom is 0.246 e. The number of sulfonamides is 1. The van der Waals surface area contributed by atoms with Crippen molar-refractivity contribution in [3.8, 4) is 0 Å². The SMILES string of the molecule is O=C(N1CCN(S(=O)(=O)c2ccccc2F)CC1)C1(c2ccc(F)cc2)CCCC1. The van der Waals surface area contributed by atoms with Crippen LogP contribution < -0.4 is 0 Å². The van der Waals surface area contributed by atoms with Crippen molar-refractivity contribution < 1.29 is 22.0 Å². The smallest absolute Gasteiger partial charge is 0.246 e. The Balaban J connectivity index is 1.51. The highest BCUT2D eigenvalue weighted by Gasteiger charge is 2.46. The standard InChI is InChI=1S/C22H24F2N2O3S/c23-18-9-7-17(8-10-18)22(11-3-4-12-22)21(27)25-13-15-26(16-14-25)30(28,29)20-6-2-1-5-19(20)24/h1-2,5-10H,3-4,11-16H2. The van der Waals surface area contributed by atoms with Gasteiger partial charge in [0.1, 0.15) is 16.5 Å². The number of carbonyl (C=O) groups excluding carboxylic acids is 1. The molecule has 1 saturated carbocycles. The number of nitrogens with zero attached hydrogens (tertiary/aromatic N) is 2. The van der Waals surface area contributed by atoms with Gasteiger partial charge < -0.3 is 4.90 Å². The summed E-state index contributed by atoms with van der Waals surface area (Å²) in [5, 5.41) is 0. The summed E-state index contributed by atoms with van der Waals surface area (Å²) in [6, 6.07) is 11.4. The molecule has 0 spiro atoms. The molecule has 1 saturated heterocycles. The fourth-order valence-electron chi connectivity index (χ4n) is 4.60. The van der Waals surface area contributed by atoms with Gasteiger partial charge in [0.15, 0.2) is 0 Å². The fraction of sp³-hybridized carbons (Fsp3) is 0.409. The van der Waals surface area contributed by atoms with E-state index >= 15 is 0 Å². The molecule has 2 aromatic rings. The second-order valence-corrected chi connectivity index (χ2v) is 9.83. The zero-order chi connectivity index (χ0) is 21.4. The zero-order valence-electron chi connectivity index (χ0n) is 16.6. The molecule has 2 aliphatic rings. The minimum atomic E-state index is -3.95. The van der Waals surface area contributed by atoms with E-state index in [1.54, 1.807) is 17.0 Å². The summed E-state index contributed by atoms with van der Waals surface area (Å²) in [4.78, 5) is 14.8. The molecule has 0 unspecified atom stereocenters. The highest BCUT2D eigenvalue weighted by atomic mass is 32.2. The second-order valence-electron chi connectivity index (χ2n) is 7.92.